The lowest BCUT2D eigenvalue weighted by atomic mass is 9.98. The van der Waals surface area contributed by atoms with Crippen molar-refractivity contribution in [3.63, 3.8) is 0 Å². The molecule has 18 heavy (non-hydrogen) atoms. The second-order valence-electron chi connectivity index (χ2n) is 5.95. The van der Waals surface area contributed by atoms with Gasteiger partial charge in [0, 0.05) is 32.1 Å². The fourth-order valence-electron chi connectivity index (χ4n) is 2.77. The van der Waals surface area contributed by atoms with E-state index < -0.39 is 0 Å². The molecule has 0 amide bonds. The predicted molar refractivity (Wildman–Crippen MR) is 74.1 cm³/mol. The van der Waals surface area contributed by atoms with Crippen molar-refractivity contribution in [2.45, 2.75) is 59.6 Å². The van der Waals surface area contributed by atoms with E-state index in [4.69, 9.17) is 4.74 Å². The highest BCUT2D eigenvalue weighted by atomic mass is 16.5. The largest absolute Gasteiger partial charge is 0.463 e. The number of rotatable bonds is 5. The summed E-state index contributed by atoms with van der Waals surface area (Å²) in [6.07, 6.45) is 4.38. The van der Waals surface area contributed by atoms with E-state index in [2.05, 4.69) is 38.8 Å². The van der Waals surface area contributed by atoms with Gasteiger partial charge in [0.2, 0.25) is 0 Å². The molecule has 0 N–H and O–H groups in total. The Kier molecular flexibility index (Phi) is 5.24. The van der Waals surface area contributed by atoms with Gasteiger partial charge >= 0.3 is 5.97 Å². The molecule has 1 aliphatic rings. The molecule has 0 radical (unpaired) electrons. The lowest BCUT2D eigenvalue weighted by Gasteiger charge is -2.30. The molecule has 0 bridgehead atoms. The molecule has 0 spiro atoms. The van der Waals surface area contributed by atoms with E-state index in [9.17, 15) is 4.79 Å². The third-order valence-electron chi connectivity index (χ3n) is 3.57. The third kappa shape index (κ3) is 4.04. The topological polar surface area (TPSA) is 29.5 Å². The second kappa shape index (κ2) is 6.26. The summed E-state index contributed by atoms with van der Waals surface area (Å²) in [6.45, 7) is 10.2. The molecule has 1 heterocycles. The minimum absolute atomic E-state index is 0.0100. The number of carbonyl (C=O) groups is 1. The average Bonchev–Trinajstić information content (AvgIpc) is 2.44. The number of nitrogens with zero attached hydrogens (tertiary/aromatic N) is 1. The van der Waals surface area contributed by atoms with Crippen LogP contribution in [-0.4, -0.2) is 30.1 Å². The fraction of sp³-hybridized carbons (Fsp3) is 0.800. The van der Waals surface area contributed by atoms with Crippen molar-refractivity contribution in [3.05, 3.63) is 11.8 Å². The van der Waals surface area contributed by atoms with Crippen molar-refractivity contribution in [2.75, 3.05) is 7.05 Å². The van der Waals surface area contributed by atoms with Crippen LogP contribution in [-0.2, 0) is 9.53 Å². The minimum atomic E-state index is -0.189. The first-order chi connectivity index (χ1) is 8.31. The van der Waals surface area contributed by atoms with Gasteiger partial charge in [-0.2, -0.15) is 0 Å². The van der Waals surface area contributed by atoms with E-state index in [-0.39, 0.29) is 12.1 Å². The van der Waals surface area contributed by atoms with Crippen LogP contribution in [0.1, 0.15) is 47.5 Å². The summed E-state index contributed by atoms with van der Waals surface area (Å²) in [6, 6.07) is 0.452. The van der Waals surface area contributed by atoms with Gasteiger partial charge in [0.1, 0.15) is 6.10 Å². The van der Waals surface area contributed by atoms with Gasteiger partial charge < -0.3 is 9.64 Å². The van der Waals surface area contributed by atoms with Gasteiger partial charge in [-0.05, 0) is 25.2 Å². The van der Waals surface area contributed by atoms with Crippen molar-refractivity contribution >= 4 is 5.97 Å². The van der Waals surface area contributed by atoms with Gasteiger partial charge in [-0.1, -0.05) is 26.8 Å². The monoisotopic (exact) mass is 253 g/mol. The van der Waals surface area contributed by atoms with Crippen molar-refractivity contribution in [2.24, 2.45) is 11.8 Å². The quantitative estimate of drug-likeness (QED) is 0.705. The molecule has 104 valence electrons. The van der Waals surface area contributed by atoms with Crippen LogP contribution < -0.4 is 0 Å². The summed E-state index contributed by atoms with van der Waals surface area (Å²) in [7, 11) is 2.16. The van der Waals surface area contributed by atoms with Crippen LogP contribution >= 0.6 is 0 Å². The van der Waals surface area contributed by atoms with Crippen LogP contribution in [0.25, 0.3) is 0 Å². The zero-order chi connectivity index (χ0) is 13.9. The molecular weight excluding hydrogens is 226 g/mol. The Bertz CT molecular complexity index is 322. The Hall–Kier alpha value is -0.990. The Morgan fingerprint density at radius 2 is 2.06 bits per heavy atom. The molecule has 3 heteroatoms. The van der Waals surface area contributed by atoms with Crippen molar-refractivity contribution in [1.82, 2.24) is 4.90 Å². The van der Waals surface area contributed by atoms with Gasteiger partial charge in [0.25, 0.3) is 0 Å². The van der Waals surface area contributed by atoms with Gasteiger partial charge in [-0.25, -0.2) is 0 Å². The standard InChI is InChI=1S/C15H27NO2/c1-10(2)7-14-8-11(3)15(16(14)6)9-12(4)18-13(5)17/h8,10-12,15H,7,9H2,1-6H3. The Labute approximate surface area is 111 Å². The van der Waals surface area contributed by atoms with E-state index in [0.29, 0.717) is 17.9 Å². The minimum Gasteiger partial charge on any atom is -0.463 e. The number of hydrogen-bond donors (Lipinski definition) is 0. The average molecular weight is 253 g/mol. The van der Waals surface area contributed by atoms with Gasteiger partial charge in [0.05, 0.1) is 0 Å². The zero-order valence-corrected chi connectivity index (χ0v) is 12.6. The highest BCUT2D eigenvalue weighted by Gasteiger charge is 2.30. The maximum atomic E-state index is 11.0. The number of hydrogen-bond acceptors (Lipinski definition) is 3. The maximum Gasteiger partial charge on any atom is 0.302 e. The van der Waals surface area contributed by atoms with E-state index in [1.165, 1.54) is 12.6 Å². The predicted octanol–water partition coefficient (Wildman–Crippen LogP) is 3.21. The van der Waals surface area contributed by atoms with Crippen LogP contribution in [0.4, 0.5) is 0 Å². The van der Waals surface area contributed by atoms with Gasteiger partial charge in [-0.15, -0.1) is 0 Å². The van der Waals surface area contributed by atoms with Crippen molar-refractivity contribution in [1.29, 1.82) is 0 Å². The van der Waals surface area contributed by atoms with Crippen LogP contribution in [0.5, 0.6) is 0 Å². The van der Waals surface area contributed by atoms with E-state index in [1.54, 1.807) is 0 Å². The number of carbonyl (C=O) groups excluding carboxylic acids is 1. The molecule has 3 atom stereocenters. The Morgan fingerprint density at radius 3 is 2.56 bits per heavy atom. The summed E-state index contributed by atoms with van der Waals surface area (Å²) >= 11 is 0. The first-order valence-corrected chi connectivity index (χ1v) is 6.92. The summed E-state index contributed by atoms with van der Waals surface area (Å²) in [5.74, 6) is 1.02. The number of allylic oxidation sites excluding steroid dienone is 1. The molecule has 0 aliphatic carbocycles. The molecule has 3 unspecified atom stereocenters. The molecule has 0 fully saturated rings. The number of esters is 1. The van der Waals surface area contributed by atoms with Crippen LogP contribution in [0.2, 0.25) is 0 Å². The first kappa shape index (κ1) is 15.1. The van der Waals surface area contributed by atoms with E-state index in [0.717, 1.165) is 12.8 Å². The molecule has 0 aromatic carbocycles. The SMILES string of the molecule is CC(=O)OC(C)CC1C(C)C=C(CC(C)C)N1C. The van der Waals surface area contributed by atoms with Crippen LogP contribution in [0.15, 0.2) is 11.8 Å². The van der Waals surface area contributed by atoms with Gasteiger partial charge in [-0.3, -0.25) is 4.79 Å². The molecular formula is C15H27NO2. The molecule has 1 rings (SSSR count). The zero-order valence-electron chi connectivity index (χ0n) is 12.6. The summed E-state index contributed by atoms with van der Waals surface area (Å²) in [5.41, 5.74) is 1.43. The smallest absolute Gasteiger partial charge is 0.302 e. The highest BCUT2D eigenvalue weighted by molar-refractivity contribution is 5.66. The van der Waals surface area contributed by atoms with Gasteiger partial charge in [0.15, 0.2) is 0 Å². The summed E-state index contributed by atoms with van der Waals surface area (Å²) in [5, 5.41) is 0. The molecule has 0 aromatic rings. The summed E-state index contributed by atoms with van der Waals surface area (Å²) < 4.78 is 5.24. The lowest BCUT2D eigenvalue weighted by Crippen LogP contribution is -2.34. The van der Waals surface area contributed by atoms with Crippen LogP contribution in [0, 0.1) is 11.8 Å². The molecule has 3 nitrogen and oxygen atoms in total. The Balaban J connectivity index is 2.57. The van der Waals surface area contributed by atoms with Crippen molar-refractivity contribution < 1.29 is 9.53 Å². The van der Waals surface area contributed by atoms with E-state index >= 15 is 0 Å². The first-order valence-electron chi connectivity index (χ1n) is 6.92. The maximum absolute atomic E-state index is 11.0. The normalized spacial score (nSPS) is 25.3. The second-order valence-corrected chi connectivity index (χ2v) is 5.95. The number of ether oxygens (including phenoxy) is 1. The highest BCUT2D eigenvalue weighted by Crippen LogP contribution is 2.32. The third-order valence-corrected chi connectivity index (χ3v) is 3.57. The van der Waals surface area contributed by atoms with Crippen molar-refractivity contribution in [3.8, 4) is 0 Å². The van der Waals surface area contributed by atoms with E-state index in [1.807, 2.05) is 6.92 Å². The summed E-state index contributed by atoms with van der Waals surface area (Å²) in [4.78, 5) is 13.3. The fourth-order valence-corrected chi connectivity index (χ4v) is 2.77. The Morgan fingerprint density at radius 1 is 1.44 bits per heavy atom. The lowest BCUT2D eigenvalue weighted by molar-refractivity contribution is -0.146. The molecule has 0 aromatic heterocycles. The molecule has 0 saturated heterocycles. The van der Waals surface area contributed by atoms with Crippen LogP contribution in [0.3, 0.4) is 0 Å². The molecule has 1 aliphatic heterocycles. The molecule has 0 saturated carbocycles.